The number of hydrogen-bond donors (Lipinski definition) is 1. The summed E-state index contributed by atoms with van der Waals surface area (Å²) in [6.45, 7) is 10.3. The van der Waals surface area contributed by atoms with E-state index in [0.717, 1.165) is 32.1 Å². The standard InChI is InChI=1S/C14H25N5.HI/c1-4-16-14(17-5-2)18-8-6-12(3)13(10-18)19-9-7-15-11-19;/h7,9,11-13H,4-6,8,10H2,1-3H3,(H,16,17);1H. The average Bonchev–Trinajstić information content (AvgIpc) is 2.93. The number of hydrogen-bond acceptors (Lipinski definition) is 2. The van der Waals surface area contributed by atoms with Crippen LogP contribution in [0.3, 0.4) is 0 Å². The Morgan fingerprint density at radius 1 is 1.45 bits per heavy atom. The number of rotatable bonds is 3. The number of aliphatic imine (C=N–C) groups is 1. The van der Waals surface area contributed by atoms with Crippen molar-refractivity contribution in [2.75, 3.05) is 26.2 Å². The number of guanidine groups is 1. The molecule has 0 bridgehead atoms. The molecule has 2 unspecified atom stereocenters. The maximum Gasteiger partial charge on any atom is 0.193 e. The van der Waals surface area contributed by atoms with Crippen LogP contribution in [0.1, 0.15) is 33.2 Å². The molecule has 0 aromatic carbocycles. The van der Waals surface area contributed by atoms with E-state index in [-0.39, 0.29) is 24.0 Å². The number of aromatic nitrogens is 2. The van der Waals surface area contributed by atoms with E-state index in [0.29, 0.717) is 12.0 Å². The van der Waals surface area contributed by atoms with E-state index in [2.05, 4.69) is 51.7 Å². The van der Waals surface area contributed by atoms with E-state index in [4.69, 9.17) is 0 Å². The maximum atomic E-state index is 4.58. The first-order chi connectivity index (χ1) is 9.26. The number of halogens is 1. The van der Waals surface area contributed by atoms with Gasteiger partial charge in [-0.15, -0.1) is 24.0 Å². The number of nitrogens with one attached hydrogen (secondary N) is 1. The third-order valence-electron chi connectivity index (χ3n) is 3.77. The molecule has 1 fully saturated rings. The minimum absolute atomic E-state index is 0. The van der Waals surface area contributed by atoms with Crippen LogP contribution in [0, 0.1) is 5.92 Å². The third-order valence-corrected chi connectivity index (χ3v) is 3.77. The smallest absolute Gasteiger partial charge is 0.193 e. The Morgan fingerprint density at radius 2 is 2.25 bits per heavy atom. The van der Waals surface area contributed by atoms with Gasteiger partial charge in [-0.05, 0) is 26.2 Å². The summed E-state index contributed by atoms with van der Waals surface area (Å²) in [5.74, 6) is 1.72. The van der Waals surface area contributed by atoms with Gasteiger partial charge < -0.3 is 14.8 Å². The molecule has 5 nitrogen and oxygen atoms in total. The van der Waals surface area contributed by atoms with E-state index in [1.54, 1.807) is 0 Å². The predicted octanol–water partition coefficient (Wildman–Crippen LogP) is 2.37. The molecule has 20 heavy (non-hydrogen) atoms. The highest BCUT2D eigenvalue weighted by Gasteiger charge is 2.28. The van der Waals surface area contributed by atoms with Crippen LogP contribution in [-0.2, 0) is 0 Å². The second-order valence-corrected chi connectivity index (χ2v) is 5.12. The summed E-state index contributed by atoms with van der Waals surface area (Å²) in [6, 6.07) is 0.483. The normalized spacial score (nSPS) is 23.4. The van der Waals surface area contributed by atoms with Crippen LogP contribution in [0.2, 0.25) is 0 Å². The largest absolute Gasteiger partial charge is 0.357 e. The van der Waals surface area contributed by atoms with Gasteiger partial charge in [0, 0.05) is 38.6 Å². The molecular weight excluding hydrogens is 365 g/mol. The van der Waals surface area contributed by atoms with Crippen molar-refractivity contribution in [1.29, 1.82) is 0 Å². The van der Waals surface area contributed by atoms with Crippen LogP contribution < -0.4 is 5.32 Å². The topological polar surface area (TPSA) is 45.5 Å². The molecule has 1 aliphatic rings. The lowest BCUT2D eigenvalue weighted by molar-refractivity contribution is 0.189. The van der Waals surface area contributed by atoms with Crippen molar-refractivity contribution < 1.29 is 0 Å². The number of likely N-dealkylation sites (tertiary alicyclic amines) is 1. The van der Waals surface area contributed by atoms with E-state index >= 15 is 0 Å². The fourth-order valence-corrected chi connectivity index (χ4v) is 2.67. The SMILES string of the molecule is CCN=C(NCC)N1CCC(C)C(n2ccnc2)C1.I. The fraction of sp³-hybridized carbons (Fsp3) is 0.714. The Hall–Kier alpha value is -0.790. The van der Waals surface area contributed by atoms with Crippen LogP contribution >= 0.6 is 24.0 Å². The quantitative estimate of drug-likeness (QED) is 0.489. The number of imidazole rings is 1. The summed E-state index contributed by atoms with van der Waals surface area (Å²) in [5.41, 5.74) is 0. The van der Waals surface area contributed by atoms with Crippen LogP contribution in [0.4, 0.5) is 0 Å². The molecule has 1 N–H and O–H groups in total. The summed E-state index contributed by atoms with van der Waals surface area (Å²) in [6.07, 6.45) is 7.04. The van der Waals surface area contributed by atoms with Gasteiger partial charge in [0.15, 0.2) is 5.96 Å². The summed E-state index contributed by atoms with van der Waals surface area (Å²) in [5, 5.41) is 3.38. The van der Waals surface area contributed by atoms with Crippen LogP contribution in [-0.4, -0.2) is 46.6 Å². The Kier molecular flexibility index (Phi) is 7.32. The van der Waals surface area contributed by atoms with Crippen molar-refractivity contribution in [3.05, 3.63) is 18.7 Å². The lowest BCUT2D eigenvalue weighted by Gasteiger charge is -2.39. The zero-order valence-corrected chi connectivity index (χ0v) is 14.9. The monoisotopic (exact) mass is 391 g/mol. The lowest BCUT2D eigenvalue weighted by atomic mass is 9.93. The molecule has 1 aliphatic heterocycles. The average molecular weight is 391 g/mol. The maximum absolute atomic E-state index is 4.58. The van der Waals surface area contributed by atoms with Gasteiger partial charge in [-0.3, -0.25) is 4.99 Å². The van der Waals surface area contributed by atoms with Gasteiger partial charge in [0.05, 0.1) is 12.4 Å². The fourth-order valence-electron chi connectivity index (χ4n) is 2.67. The first-order valence-electron chi connectivity index (χ1n) is 7.27. The summed E-state index contributed by atoms with van der Waals surface area (Å²) in [4.78, 5) is 11.1. The van der Waals surface area contributed by atoms with Crippen molar-refractivity contribution in [2.24, 2.45) is 10.9 Å². The van der Waals surface area contributed by atoms with Crippen molar-refractivity contribution >= 4 is 29.9 Å². The molecule has 0 amide bonds. The molecule has 1 saturated heterocycles. The molecule has 2 rings (SSSR count). The highest BCUT2D eigenvalue weighted by atomic mass is 127. The molecule has 1 aromatic heterocycles. The highest BCUT2D eigenvalue weighted by molar-refractivity contribution is 14.0. The second-order valence-electron chi connectivity index (χ2n) is 5.12. The van der Waals surface area contributed by atoms with Crippen molar-refractivity contribution in [2.45, 2.75) is 33.2 Å². The van der Waals surface area contributed by atoms with Gasteiger partial charge in [-0.25, -0.2) is 4.98 Å². The van der Waals surface area contributed by atoms with Gasteiger partial charge in [-0.2, -0.15) is 0 Å². The molecule has 2 heterocycles. The first kappa shape index (κ1) is 17.3. The van der Waals surface area contributed by atoms with Crippen molar-refractivity contribution in [1.82, 2.24) is 19.8 Å². The van der Waals surface area contributed by atoms with Crippen LogP contribution in [0.5, 0.6) is 0 Å². The van der Waals surface area contributed by atoms with Crippen LogP contribution in [0.25, 0.3) is 0 Å². The van der Waals surface area contributed by atoms with Crippen molar-refractivity contribution in [3.8, 4) is 0 Å². The van der Waals surface area contributed by atoms with Gasteiger partial charge in [0.2, 0.25) is 0 Å². The third kappa shape index (κ3) is 4.10. The van der Waals surface area contributed by atoms with Gasteiger partial charge in [0.25, 0.3) is 0 Å². The minimum atomic E-state index is 0. The zero-order chi connectivity index (χ0) is 13.7. The van der Waals surface area contributed by atoms with E-state index in [9.17, 15) is 0 Å². The van der Waals surface area contributed by atoms with Gasteiger partial charge in [-0.1, -0.05) is 6.92 Å². The van der Waals surface area contributed by atoms with Gasteiger partial charge >= 0.3 is 0 Å². The molecule has 114 valence electrons. The zero-order valence-electron chi connectivity index (χ0n) is 12.6. The van der Waals surface area contributed by atoms with Crippen LogP contribution in [0.15, 0.2) is 23.7 Å². The van der Waals surface area contributed by atoms with Gasteiger partial charge in [0.1, 0.15) is 0 Å². The number of piperidine rings is 1. The molecule has 1 aromatic rings. The van der Waals surface area contributed by atoms with E-state index < -0.39 is 0 Å². The lowest BCUT2D eigenvalue weighted by Crippen LogP contribution is -2.49. The molecule has 0 saturated carbocycles. The first-order valence-corrected chi connectivity index (χ1v) is 7.27. The molecule has 0 spiro atoms. The Balaban J connectivity index is 0.00000200. The number of nitrogens with zero attached hydrogens (tertiary/aromatic N) is 4. The van der Waals surface area contributed by atoms with E-state index in [1.807, 2.05) is 12.5 Å². The Labute approximate surface area is 138 Å². The molecule has 0 radical (unpaired) electrons. The summed E-state index contributed by atoms with van der Waals surface area (Å²) < 4.78 is 2.23. The Bertz CT molecular complexity index is 404. The minimum Gasteiger partial charge on any atom is -0.357 e. The van der Waals surface area contributed by atoms with Crippen molar-refractivity contribution in [3.63, 3.8) is 0 Å². The molecule has 6 heteroatoms. The van der Waals surface area contributed by atoms with E-state index in [1.165, 1.54) is 6.42 Å². The Morgan fingerprint density at radius 3 is 2.85 bits per heavy atom. The molecule has 0 aliphatic carbocycles. The summed E-state index contributed by atoms with van der Waals surface area (Å²) in [7, 11) is 0. The molecule has 2 atom stereocenters. The molecular formula is C14H26IN5. The predicted molar refractivity (Wildman–Crippen MR) is 93.7 cm³/mol. The second kappa shape index (κ2) is 8.49. The highest BCUT2D eigenvalue weighted by Crippen LogP contribution is 2.27. The summed E-state index contributed by atoms with van der Waals surface area (Å²) >= 11 is 0.